The first-order chi connectivity index (χ1) is 24.9. The van der Waals surface area contributed by atoms with Gasteiger partial charge in [-0.2, -0.15) is 0 Å². The fourth-order valence-electron chi connectivity index (χ4n) is 6.23. The maximum atomic E-state index is 14.4. The van der Waals surface area contributed by atoms with E-state index in [1.165, 1.54) is 54.9 Å². The minimum Gasteiger partial charge on any atom is -0.497 e. The summed E-state index contributed by atoms with van der Waals surface area (Å²) < 4.78 is 70.0. The van der Waals surface area contributed by atoms with Crippen molar-refractivity contribution in [2.75, 3.05) is 49.5 Å². The molecule has 0 aromatic heterocycles. The average molecular weight is 746 g/mol. The van der Waals surface area contributed by atoms with Gasteiger partial charge in [-0.1, -0.05) is 54.6 Å². The Kier molecular flexibility index (Phi) is 12.1. The third-order valence-corrected chi connectivity index (χ3v) is 12.4. The van der Waals surface area contributed by atoms with Crippen molar-refractivity contribution >= 4 is 48.2 Å². The molecule has 52 heavy (non-hydrogen) atoms. The smallest absolute Gasteiger partial charge is 0.324 e. The molecule has 0 aliphatic rings. The summed E-state index contributed by atoms with van der Waals surface area (Å²) in [6, 6.07) is 30.4. The highest BCUT2D eigenvalue weighted by Gasteiger charge is 2.33. The van der Waals surface area contributed by atoms with Crippen LogP contribution < -0.4 is 18.1 Å². The number of sulfonamides is 2. The van der Waals surface area contributed by atoms with E-state index in [1.54, 1.807) is 49.4 Å². The van der Waals surface area contributed by atoms with Crippen LogP contribution in [0.4, 0.5) is 11.4 Å². The van der Waals surface area contributed by atoms with Crippen LogP contribution in [0.2, 0.25) is 0 Å². The summed E-state index contributed by atoms with van der Waals surface area (Å²) in [5.74, 6) is -0.402. The Bertz CT molecular complexity index is 2210. The van der Waals surface area contributed by atoms with Crippen LogP contribution in [0, 0.1) is 0 Å². The molecule has 0 saturated heterocycles. The number of hydrogen-bond acceptors (Lipinski definition) is 8. The Morgan fingerprint density at radius 1 is 0.712 bits per heavy atom. The summed E-state index contributed by atoms with van der Waals surface area (Å²) in [4.78, 5) is 14.5. The fourth-order valence-corrected chi connectivity index (χ4v) is 9.18. The van der Waals surface area contributed by atoms with Gasteiger partial charge in [-0.05, 0) is 99.1 Å². The number of benzene rings is 5. The van der Waals surface area contributed by atoms with Crippen LogP contribution in [-0.4, -0.2) is 73.7 Å². The maximum Gasteiger partial charge on any atom is 0.324 e. The Morgan fingerprint density at radius 3 is 1.75 bits per heavy atom. The maximum absolute atomic E-state index is 14.4. The molecule has 11 nitrogen and oxygen atoms in total. The van der Waals surface area contributed by atoms with Gasteiger partial charge in [0.1, 0.15) is 18.0 Å². The molecule has 1 N–H and O–H groups in total. The third kappa shape index (κ3) is 8.33. The molecule has 5 aromatic rings. The molecule has 0 bridgehead atoms. The van der Waals surface area contributed by atoms with Gasteiger partial charge < -0.3 is 19.5 Å². The van der Waals surface area contributed by atoms with Crippen molar-refractivity contribution in [3.8, 4) is 11.5 Å². The molecule has 274 valence electrons. The number of carbonyl (C=O) groups is 1. The molecule has 0 saturated carbocycles. The van der Waals surface area contributed by atoms with Crippen LogP contribution in [0.1, 0.15) is 24.5 Å². The van der Waals surface area contributed by atoms with Gasteiger partial charge in [0, 0.05) is 23.9 Å². The molecular weight excluding hydrogens is 703 g/mol. The van der Waals surface area contributed by atoms with Crippen molar-refractivity contribution in [3.63, 3.8) is 0 Å². The molecule has 0 radical (unpaired) electrons. The first kappa shape index (κ1) is 38.1. The van der Waals surface area contributed by atoms with Gasteiger partial charge in [0.05, 0.1) is 35.4 Å². The highest BCUT2D eigenvalue weighted by Crippen LogP contribution is 2.42. The van der Waals surface area contributed by atoms with Gasteiger partial charge in [-0.25, -0.2) is 16.8 Å². The Balaban J connectivity index is 1.68. The zero-order chi connectivity index (χ0) is 37.5. The molecule has 0 aliphatic carbocycles. The lowest BCUT2D eigenvalue weighted by atomic mass is 9.98. The number of hydrogen-bond donors (Lipinski definition) is 1. The number of methoxy groups -OCH3 is 2. The van der Waals surface area contributed by atoms with E-state index in [1.807, 2.05) is 37.4 Å². The topological polar surface area (TPSA) is 134 Å². The van der Waals surface area contributed by atoms with Gasteiger partial charge >= 0.3 is 5.97 Å². The predicted molar refractivity (Wildman–Crippen MR) is 203 cm³/mol. The molecule has 5 aromatic carbocycles. The third-order valence-electron chi connectivity index (χ3n) is 8.73. The molecule has 13 heteroatoms. The standard InChI is InChI=1S/C39H43N3O8S2/c1-5-41(51(45,46)33-21-17-31(49-3)18-22-33)37-26-30(14-11-25-40(2)27-29-12-7-6-8-13-29)39(36-16-10-9-15-35(36)37)42(28-38(43)44)52(47,48)34-23-19-32(50-4)20-24-34/h6-10,12-13,15-24,26H,5,11,14,25,27-28H2,1-4H3,(H,43,44). The number of nitrogens with zero attached hydrogens (tertiary/aromatic N) is 3. The van der Waals surface area contributed by atoms with E-state index in [2.05, 4.69) is 4.90 Å². The number of anilines is 2. The van der Waals surface area contributed by atoms with E-state index >= 15 is 0 Å². The van der Waals surface area contributed by atoms with Crippen molar-refractivity contribution in [2.45, 2.75) is 36.1 Å². The number of rotatable bonds is 17. The average Bonchev–Trinajstić information content (AvgIpc) is 3.14. The van der Waals surface area contributed by atoms with E-state index in [0.717, 1.165) is 9.87 Å². The molecule has 0 unspecified atom stereocenters. The second kappa shape index (κ2) is 16.5. The summed E-state index contributed by atoms with van der Waals surface area (Å²) in [6.45, 7) is 2.26. The second-order valence-electron chi connectivity index (χ2n) is 12.2. The summed E-state index contributed by atoms with van der Waals surface area (Å²) in [6.07, 6.45) is 0.885. The van der Waals surface area contributed by atoms with Crippen molar-refractivity contribution in [1.82, 2.24) is 4.90 Å². The minimum absolute atomic E-state index is 0.0574. The Morgan fingerprint density at radius 2 is 1.23 bits per heavy atom. The van der Waals surface area contributed by atoms with Gasteiger partial charge in [-0.15, -0.1) is 0 Å². The minimum atomic E-state index is -4.44. The van der Waals surface area contributed by atoms with E-state index in [9.17, 15) is 26.7 Å². The highest BCUT2D eigenvalue weighted by atomic mass is 32.2. The van der Waals surface area contributed by atoms with Crippen LogP contribution in [0.15, 0.2) is 119 Å². The first-order valence-electron chi connectivity index (χ1n) is 16.7. The monoisotopic (exact) mass is 745 g/mol. The summed E-state index contributed by atoms with van der Waals surface area (Å²) in [5.41, 5.74) is 2.16. The molecule has 5 rings (SSSR count). The van der Waals surface area contributed by atoms with Crippen LogP contribution in [0.25, 0.3) is 10.8 Å². The van der Waals surface area contributed by atoms with E-state index in [4.69, 9.17) is 9.47 Å². The van der Waals surface area contributed by atoms with Crippen LogP contribution >= 0.6 is 0 Å². The van der Waals surface area contributed by atoms with Crippen LogP contribution in [-0.2, 0) is 37.8 Å². The fraction of sp³-hybridized carbons (Fsp3) is 0.256. The van der Waals surface area contributed by atoms with Crippen LogP contribution in [0.3, 0.4) is 0 Å². The Labute approximate surface area is 305 Å². The zero-order valence-electron chi connectivity index (χ0n) is 29.6. The lowest BCUT2D eigenvalue weighted by Gasteiger charge is -2.31. The molecule has 0 heterocycles. The highest BCUT2D eigenvalue weighted by molar-refractivity contribution is 7.93. The quantitative estimate of drug-likeness (QED) is 0.115. The van der Waals surface area contributed by atoms with Crippen molar-refractivity contribution in [2.24, 2.45) is 0 Å². The van der Waals surface area contributed by atoms with Gasteiger partial charge in [0.25, 0.3) is 20.0 Å². The molecule has 0 atom stereocenters. The van der Waals surface area contributed by atoms with E-state index in [0.29, 0.717) is 59.5 Å². The van der Waals surface area contributed by atoms with Gasteiger partial charge in [0.2, 0.25) is 0 Å². The number of carboxylic acid groups (broad SMARTS) is 1. The van der Waals surface area contributed by atoms with Crippen molar-refractivity contribution in [3.05, 3.63) is 120 Å². The van der Waals surface area contributed by atoms with Crippen LogP contribution in [0.5, 0.6) is 11.5 Å². The molecule has 0 amide bonds. The second-order valence-corrected chi connectivity index (χ2v) is 15.9. The SMILES string of the molecule is CCN(c1cc(CCCN(C)Cc2ccccc2)c(N(CC(=O)O)S(=O)(=O)c2ccc(OC)cc2)c2ccccc12)S(=O)(=O)c1ccc(OC)cc1. The number of carboxylic acids is 1. The van der Waals surface area contributed by atoms with E-state index < -0.39 is 32.6 Å². The van der Waals surface area contributed by atoms with Gasteiger partial charge in [-0.3, -0.25) is 13.4 Å². The zero-order valence-corrected chi connectivity index (χ0v) is 31.2. The molecule has 0 aliphatic heterocycles. The van der Waals surface area contributed by atoms with Crippen molar-refractivity contribution in [1.29, 1.82) is 0 Å². The largest absolute Gasteiger partial charge is 0.497 e. The Hall–Kier alpha value is -5.11. The predicted octanol–water partition coefficient (Wildman–Crippen LogP) is 6.42. The summed E-state index contributed by atoms with van der Waals surface area (Å²) >= 11 is 0. The number of aliphatic carboxylic acids is 1. The summed E-state index contributed by atoms with van der Waals surface area (Å²) in [5, 5.41) is 11.0. The number of aryl methyl sites for hydroxylation is 1. The molecule has 0 fully saturated rings. The van der Waals surface area contributed by atoms with Gasteiger partial charge in [0.15, 0.2) is 0 Å². The number of ether oxygens (including phenoxy) is 2. The lowest BCUT2D eigenvalue weighted by Crippen LogP contribution is -2.37. The molecular formula is C39H43N3O8S2. The normalized spacial score (nSPS) is 11.8. The number of fused-ring (bicyclic) bond motifs is 1. The van der Waals surface area contributed by atoms with Crippen molar-refractivity contribution < 1.29 is 36.2 Å². The summed E-state index contributed by atoms with van der Waals surface area (Å²) in [7, 11) is -3.59. The first-order valence-corrected chi connectivity index (χ1v) is 19.6. The van der Waals surface area contributed by atoms with E-state index in [-0.39, 0.29) is 22.0 Å². The molecule has 0 spiro atoms. The lowest BCUT2D eigenvalue weighted by molar-refractivity contribution is -0.135.